The van der Waals surface area contributed by atoms with Crippen molar-refractivity contribution in [2.24, 2.45) is 5.92 Å². The fraction of sp³-hybridized carbons (Fsp3) is 0.235. The Morgan fingerprint density at radius 1 is 1.17 bits per heavy atom. The largest absolute Gasteiger partial charge is 0.454 e. The van der Waals surface area contributed by atoms with E-state index in [1.807, 2.05) is 18.2 Å². The highest BCUT2D eigenvalue weighted by atomic mass is 35.5. The summed E-state index contributed by atoms with van der Waals surface area (Å²) in [6.45, 7) is 0.209. The molecule has 1 fully saturated rings. The van der Waals surface area contributed by atoms with E-state index in [4.69, 9.17) is 21.1 Å². The molecule has 24 heavy (non-hydrogen) atoms. The number of ketones is 1. The standard InChI is InChI=1S/C17H12ClNO5/c18-13-3-1-10(5-14(13)19(21)22)17(20)12-7-11(12)9-2-4-15-16(6-9)24-8-23-15/h1-6,11-12H,7-8H2/t11-,12-/m1/s1. The Morgan fingerprint density at radius 3 is 2.75 bits per heavy atom. The van der Waals surface area contributed by atoms with E-state index in [2.05, 4.69) is 0 Å². The number of benzene rings is 2. The smallest absolute Gasteiger partial charge is 0.288 e. The van der Waals surface area contributed by atoms with E-state index in [0.29, 0.717) is 17.1 Å². The Kier molecular flexibility index (Phi) is 3.42. The molecule has 122 valence electrons. The van der Waals surface area contributed by atoms with Gasteiger partial charge in [0, 0.05) is 17.5 Å². The predicted octanol–water partition coefficient (Wildman–Crippen LogP) is 3.96. The van der Waals surface area contributed by atoms with E-state index >= 15 is 0 Å². The van der Waals surface area contributed by atoms with Crippen molar-refractivity contribution in [2.45, 2.75) is 12.3 Å². The van der Waals surface area contributed by atoms with Crippen LogP contribution in [0.5, 0.6) is 11.5 Å². The Balaban J connectivity index is 1.55. The lowest BCUT2D eigenvalue weighted by atomic mass is 10.0. The molecule has 0 spiro atoms. The molecule has 0 unspecified atom stereocenters. The molecule has 2 aromatic carbocycles. The predicted molar refractivity (Wildman–Crippen MR) is 85.8 cm³/mol. The van der Waals surface area contributed by atoms with Gasteiger partial charge in [-0.15, -0.1) is 0 Å². The molecule has 1 heterocycles. The summed E-state index contributed by atoms with van der Waals surface area (Å²) in [5.41, 5.74) is 1.09. The fourth-order valence-electron chi connectivity index (χ4n) is 3.02. The molecule has 2 aromatic rings. The van der Waals surface area contributed by atoms with Crippen LogP contribution >= 0.6 is 11.6 Å². The number of halogens is 1. The number of carbonyl (C=O) groups excluding carboxylic acids is 1. The molecule has 1 aliphatic carbocycles. The van der Waals surface area contributed by atoms with Crippen molar-refractivity contribution < 1.29 is 19.2 Å². The van der Waals surface area contributed by atoms with Gasteiger partial charge in [-0.25, -0.2) is 0 Å². The highest BCUT2D eigenvalue weighted by Crippen LogP contribution is 2.51. The zero-order valence-corrected chi connectivity index (χ0v) is 13.2. The summed E-state index contributed by atoms with van der Waals surface area (Å²) in [5.74, 6) is 1.22. The maximum absolute atomic E-state index is 12.6. The second-order valence-electron chi connectivity index (χ2n) is 5.85. The van der Waals surface area contributed by atoms with Crippen molar-refractivity contribution in [3.63, 3.8) is 0 Å². The Bertz CT molecular complexity index is 866. The van der Waals surface area contributed by atoms with Gasteiger partial charge in [-0.1, -0.05) is 17.7 Å². The van der Waals surface area contributed by atoms with E-state index in [1.54, 1.807) is 0 Å². The first-order valence-electron chi connectivity index (χ1n) is 7.42. The highest BCUT2D eigenvalue weighted by molar-refractivity contribution is 6.32. The van der Waals surface area contributed by atoms with Gasteiger partial charge < -0.3 is 9.47 Å². The fourth-order valence-corrected chi connectivity index (χ4v) is 3.20. The second-order valence-corrected chi connectivity index (χ2v) is 6.26. The molecule has 0 bridgehead atoms. The lowest BCUT2D eigenvalue weighted by molar-refractivity contribution is -0.384. The summed E-state index contributed by atoms with van der Waals surface area (Å²) in [5, 5.41) is 11.0. The highest BCUT2D eigenvalue weighted by Gasteiger charge is 2.44. The summed E-state index contributed by atoms with van der Waals surface area (Å²) in [6.07, 6.45) is 0.717. The summed E-state index contributed by atoms with van der Waals surface area (Å²) in [6, 6.07) is 9.84. The van der Waals surface area contributed by atoms with Crippen LogP contribution in [0.1, 0.15) is 28.3 Å². The maximum atomic E-state index is 12.6. The van der Waals surface area contributed by atoms with Crippen molar-refractivity contribution in [3.8, 4) is 11.5 Å². The summed E-state index contributed by atoms with van der Waals surface area (Å²) < 4.78 is 10.6. The van der Waals surface area contributed by atoms with Crippen LogP contribution in [0.4, 0.5) is 5.69 Å². The summed E-state index contributed by atoms with van der Waals surface area (Å²) >= 11 is 5.79. The minimum atomic E-state index is -0.582. The van der Waals surface area contributed by atoms with E-state index in [1.165, 1.54) is 18.2 Å². The molecule has 2 aliphatic rings. The number of nitro groups is 1. The van der Waals surface area contributed by atoms with Crippen LogP contribution < -0.4 is 9.47 Å². The van der Waals surface area contributed by atoms with Crippen LogP contribution in [0.15, 0.2) is 36.4 Å². The molecule has 0 N–H and O–H groups in total. The Labute approximate surface area is 142 Å². The van der Waals surface area contributed by atoms with Gasteiger partial charge >= 0.3 is 0 Å². The zero-order valence-electron chi connectivity index (χ0n) is 12.4. The minimum Gasteiger partial charge on any atom is -0.454 e. The van der Waals surface area contributed by atoms with Crippen LogP contribution in [0.25, 0.3) is 0 Å². The molecule has 0 amide bonds. The van der Waals surface area contributed by atoms with E-state index in [9.17, 15) is 14.9 Å². The van der Waals surface area contributed by atoms with Crippen molar-refractivity contribution in [2.75, 3.05) is 6.79 Å². The van der Waals surface area contributed by atoms with E-state index in [-0.39, 0.29) is 35.1 Å². The summed E-state index contributed by atoms with van der Waals surface area (Å²) in [4.78, 5) is 23.0. The molecule has 2 atom stereocenters. The van der Waals surface area contributed by atoms with Gasteiger partial charge in [0.1, 0.15) is 5.02 Å². The zero-order chi connectivity index (χ0) is 16.8. The third-order valence-electron chi connectivity index (χ3n) is 4.38. The second kappa shape index (κ2) is 5.49. The number of nitrogens with zero attached hydrogens (tertiary/aromatic N) is 1. The first kappa shape index (κ1) is 15.0. The number of fused-ring (bicyclic) bond motifs is 1. The van der Waals surface area contributed by atoms with Crippen LogP contribution in [-0.4, -0.2) is 17.5 Å². The van der Waals surface area contributed by atoms with Crippen LogP contribution in [-0.2, 0) is 0 Å². The number of nitro benzene ring substituents is 1. The lowest BCUT2D eigenvalue weighted by Crippen LogP contribution is -2.04. The van der Waals surface area contributed by atoms with Crippen LogP contribution in [0.3, 0.4) is 0 Å². The van der Waals surface area contributed by atoms with Crippen molar-refractivity contribution in [1.82, 2.24) is 0 Å². The molecule has 4 rings (SSSR count). The first-order valence-corrected chi connectivity index (χ1v) is 7.80. The summed E-state index contributed by atoms with van der Waals surface area (Å²) in [7, 11) is 0. The molecular weight excluding hydrogens is 334 g/mol. The molecular formula is C17H12ClNO5. The number of hydrogen-bond donors (Lipinski definition) is 0. The van der Waals surface area contributed by atoms with Crippen molar-refractivity contribution in [3.05, 3.63) is 62.7 Å². The third-order valence-corrected chi connectivity index (χ3v) is 4.70. The van der Waals surface area contributed by atoms with E-state index < -0.39 is 4.92 Å². The van der Waals surface area contributed by atoms with Crippen molar-refractivity contribution in [1.29, 1.82) is 0 Å². The topological polar surface area (TPSA) is 78.7 Å². The SMILES string of the molecule is O=C(c1ccc(Cl)c([N+](=O)[O-])c1)[C@@H]1C[C@@H]1c1ccc2c(c1)OCO2. The quantitative estimate of drug-likeness (QED) is 0.476. The normalized spacial score (nSPS) is 20.7. The van der Waals surface area contributed by atoms with Crippen LogP contribution in [0, 0.1) is 16.0 Å². The number of hydrogen-bond acceptors (Lipinski definition) is 5. The molecule has 0 saturated heterocycles. The van der Waals surface area contributed by atoms with Gasteiger partial charge in [0.05, 0.1) is 4.92 Å². The molecule has 0 radical (unpaired) electrons. The molecule has 1 saturated carbocycles. The Hall–Kier alpha value is -2.60. The third kappa shape index (κ3) is 2.49. The van der Waals surface area contributed by atoms with Crippen molar-refractivity contribution >= 4 is 23.1 Å². The average molecular weight is 346 g/mol. The number of rotatable bonds is 4. The monoisotopic (exact) mass is 345 g/mol. The lowest BCUT2D eigenvalue weighted by Gasteiger charge is -2.04. The van der Waals surface area contributed by atoms with Gasteiger partial charge in [0.2, 0.25) is 6.79 Å². The maximum Gasteiger partial charge on any atom is 0.288 e. The Morgan fingerprint density at radius 2 is 1.96 bits per heavy atom. The molecule has 0 aromatic heterocycles. The number of Topliss-reactive ketones (excluding diaryl/α,β-unsaturated/α-hetero) is 1. The first-order chi connectivity index (χ1) is 11.5. The van der Waals surface area contributed by atoms with E-state index in [0.717, 1.165) is 12.0 Å². The minimum absolute atomic E-state index is 0.0275. The molecule has 7 heteroatoms. The number of carbonyl (C=O) groups is 1. The van der Waals surface area contributed by atoms with Gasteiger partial charge in [-0.3, -0.25) is 14.9 Å². The molecule has 6 nitrogen and oxygen atoms in total. The van der Waals surface area contributed by atoms with Gasteiger partial charge in [0.25, 0.3) is 5.69 Å². The van der Waals surface area contributed by atoms with Gasteiger partial charge in [0.15, 0.2) is 17.3 Å². The number of ether oxygens (including phenoxy) is 2. The van der Waals surface area contributed by atoms with Crippen LogP contribution in [0.2, 0.25) is 5.02 Å². The molecule has 1 aliphatic heterocycles. The average Bonchev–Trinajstić information content (AvgIpc) is 3.23. The van der Waals surface area contributed by atoms with Gasteiger partial charge in [-0.05, 0) is 42.2 Å². The van der Waals surface area contributed by atoms with Gasteiger partial charge in [-0.2, -0.15) is 0 Å².